The van der Waals surface area contributed by atoms with Crippen molar-refractivity contribution in [3.8, 4) is 0 Å². The molecule has 8 heteroatoms. The van der Waals surface area contributed by atoms with Gasteiger partial charge in [-0.15, -0.1) is 0 Å². The zero-order valence-electron chi connectivity index (χ0n) is 17.8. The summed E-state index contributed by atoms with van der Waals surface area (Å²) in [5.74, 6) is 0.331. The number of fused-ring (bicyclic) bond motifs is 1. The number of benzene rings is 2. The number of likely N-dealkylation sites (N-methyl/N-ethyl adjacent to an activating group) is 1. The van der Waals surface area contributed by atoms with E-state index in [0.717, 1.165) is 56.0 Å². The van der Waals surface area contributed by atoms with Gasteiger partial charge >= 0.3 is 0 Å². The first kappa shape index (κ1) is 20.3. The molecule has 2 heterocycles. The van der Waals surface area contributed by atoms with Gasteiger partial charge in [0.05, 0.1) is 4.90 Å². The smallest absolute Gasteiger partial charge is 0.261 e. The number of hydrogen-bond donors (Lipinski definition) is 1. The van der Waals surface area contributed by atoms with Gasteiger partial charge in [-0.05, 0) is 74.3 Å². The molecule has 2 aromatic rings. The van der Waals surface area contributed by atoms with Crippen LogP contribution in [0.25, 0.3) is 0 Å². The molecule has 1 N–H and O–H groups in total. The van der Waals surface area contributed by atoms with Crippen LogP contribution in [0, 0.1) is 5.92 Å². The highest BCUT2D eigenvalue weighted by Crippen LogP contribution is 2.37. The predicted molar refractivity (Wildman–Crippen MR) is 122 cm³/mol. The van der Waals surface area contributed by atoms with E-state index in [-0.39, 0.29) is 16.7 Å². The standard InChI is InChI=1S/C23H28N4O3S/c1-25-12-14-26(15-13-25)20-6-4-19(5-7-20)24-31(29,30)21-8-9-22-18(16-21)10-11-27(22)23(28)17-2-3-17/h4-9,16-17,24H,2-3,10-15H2,1H3. The molecule has 31 heavy (non-hydrogen) atoms. The van der Waals surface area contributed by atoms with E-state index in [0.29, 0.717) is 18.7 Å². The molecule has 0 unspecified atom stereocenters. The third-order valence-corrected chi connectivity index (χ3v) is 7.82. The van der Waals surface area contributed by atoms with Crippen molar-refractivity contribution in [2.75, 3.05) is 54.3 Å². The summed E-state index contributed by atoms with van der Waals surface area (Å²) in [5.41, 5.74) is 3.42. The Bertz CT molecular complexity index is 1090. The van der Waals surface area contributed by atoms with E-state index in [9.17, 15) is 13.2 Å². The van der Waals surface area contributed by atoms with Crippen molar-refractivity contribution >= 4 is 33.0 Å². The molecule has 0 radical (unpaired) electrons. The first-order valence-corrected chi connectivity index (χ1v) is 12.4. The fourth-order valence-corrected chi connectivity index (χ4v) is 5.45. The Hall–Kier alpha value is -2.58. The third-order valence-electron chi connectivity index (χ3n) is 6.44. The summed E-state index contributed by atoms with van der Waals surface area (Å²) in [4.78, 5) is 19.1. The maximum Gasteiger partial charge on any atom is 0.261 e. The second-order valence-electron chi connectivity index (χ2n) is 8.75. The molecule has 1 aliphatic carbocycles. The molecule has 0 aromatic heterocycles. The fraction of sp³-hybridized carbons (Fsp3) is 0.435. The van der Waals surface area contributed by atoms with Gasteiger partial charge in [0.1, 0.15) is 0 Å². The summed E-state index contributed by atoms with van der Waals surface area (Å²) in [5, 5.41) is 0. The minimum Gasteiger partial charge on any atom is -0.369 e. The topological polar surface area (TPSA) is 73.0 Å². The molecule has 2 aliphatic heterocycles. The molecule has 1 saturated carbocycles. The van der Waals surface area contributed by atoms with Gasteiger partial charge in [0.15, 0.2) is 0 Å². The Labute approximate surface area is 183 Å². The Morgan fingerprint density at radius 1 is 0.968 bits per heavy atom. The van der Waals surface area contributed by atoms with Crippen LogP contribution in [0.2, 0.25) is 0 Å². The highest BCUT2D eigenvalue weighted by Gasteiger charge is 2.36. The average Bonchev–Trinajstić information content (AvgIpc) is 3.53. The molecule has 2 aromatic carbocycles. The molecule has 7 nitrogen and oxygen atoms in total. The summed E-state index contributed by atoms with van der Waals surface area (Å²) in [7, 11) is -1.57. The number of nitrogens with zero attached hydrogens (tertiary/aromatic N) is 3. The molecular weight excluding hydrogens is 412 g/mol. The minimum atomic E-state index is -3.70. The summed E-state index contributed by atoms with van der Waals surface area (Å²) in [6.45, 7) is 4.62. The lowest BCUT2D eigenvalue weighted by Gasteiger charge is -2.34. The van der Waals surface area contributed by atoms with Gasteiger partial charge in [0.25, 0.3) is 10.0 Å². The van der Waals surface area contributed by atoms with Crippen molar-refractivity contribution in [3.63, 3.8) is 0 Å². The molecule has 3 aliphatic rings. The van der Waals surface area contributed by atoms with Crippen LogP contribution in [0.4, 0.5) is 17.1 Å². The third kappa shape index (κ3) is 4.14. The second kappa shape index (κ2) is 7.84. The summed E-state index contributed by atoms with van der Waals surface area (Å²) in [6, 6.07) is 12.6. The van der Waals surface area contributed by atoms with E-state index < -0.39 is 10.0 Å². The van der Waals surface area contributed by atoms with E-state index in [1.165, 1.54) is 0 Å². The average molecular weight is 441 g/mol. The summed E-state index contributed by atoms with van der Waals surface area (Å²) >= 11 is 0. The van der Waals surface area contributed by atoms with Crippen molar-refractivity contribution in [2.24, 2.45) is 5.92 Å². The SMILES string of the molecule is CN1CCN(c2ccc(NS(=O)(=O)c3ccc4c(c3)CCN4C(=O)C3CC3)cc2)CC1. The number of carbonyl (C=O) groups is 1. The van der Waals surface area contributed by atoms with E-state index >= 15 is 0 Å². The zero-order valence-corrected chi connectivity index (χ0v) is 18.6. The zero-order chi connectivity index (χ0) is 21.6. The number of hydrogen-bond acceptors (Lipinski definition) is 5. The van der Waals surface area contributed by atoms with Gasteiger partial charge in [0, 0.05) is 55.7 Å². The van der Waals surface area contributed by atoms with Crippen LogP contribution < -0.4 is 14.5 Å². The lowest BCUT2D eigenvalue weighted by molar-refractivity contribution is -0.119. The van der Waals surface area contributed by atoms with Crippen molar-refractivity contribution in [2.45, 2.75) is 24.2 Å². The molecule has 0 atom stereocenters. The molecule has 0 bridgehead atoms. The fourth-order valence-electron chi connectivity index (χ4n) is 4.34. The van der Waals surface area contributed by atoms with Gasteiger partial charge in [0.2, 0.25) is 5.91 Å². The first-order chi connectivity index (χ1) is 14.9. The normalized spacial score (nSPS) is 19.4. The number of anilines is 3. The van der Waals surface area contributed by atoms with Crippen molar-refractivity contribution < 1.29 is 13.2 Å². The van der Waals surface area contributed by atoms with Gasteiger partial charge in [-0.1, -0.05) is 0 Å². The van der Waals surface area contributed by atoms with E-state index in [4.69, 9.17) is 0 Å². The van der Waals surface area contributed by atoms with Crippen LogP contribution in [0.3, 0.4) is 0 Å². The Balaban J connectivity index is 1.29. The maximum atomic E-state index is 13.0. The summed E-state index contributed by atoms with van der Waals surface area (Å²) in [6.07, 6.45) is 2.63. The molecule has 164 valence electrons. The van der Waals surface area contributed by atoms with Gasteiger partial charge in [-0.3, -0.25) is 9.52 Å². The highest BCUT2D eigenvalue weighted by molar-refractivity contribution is 7.92. The molecule has 5 rings (SSSR count). The first-order valence-electron chi connectivity index (χ1n) is 10.9. The number of amides is 1. The molecule has 1 amide bonds. The van der Waals surface area contributed by atoms with E-state index in [2.05, 4.69) is 21.6 Å². The van der Waals surface area contributed by atoms with Crippen LogP contribution in [0.1, 0.15) is 18.4 Å². The van der Waals surface area contributed by atoms with E-state index in [1.807, 2.05) is 29.2 Å². The number of carbonyl (C=O) groups excluding carboxylic acids is 1. The Kier molecular flexibility index (Phi) is 5.14. The molecule has 0 spiro atoms. The van der Waals surface area contributed by atoms with Crippen molar-refractivity contribution in [3.05, 3.63) is 48.0 Å². The van der Waals surface area contributed by atoms with Crippen LogP contribution in [-0.4, -0.2) is 59.0 Å². The molecular formula is C23H28N4O3S. The van der Waals surface area contributed by atoms with Gasteiger partial charge in [-0.25, -0.2) is 8.42 Å². The van der Waals surface area contributed by atoms with E-state index in [1.54, 1.807) is 18.2 Å². The van der Waals surface area contributed by atoms with Crippen LogP contribution >= 0.6 is 0 Å². The van der Waals surface area contributed by atoms with Crippen LogP contribution in [0.5, 0.6) is 0 Å². The summed E-state index contributed by atoms with van der Waals surface area (Å²) < 4.78 is 28.6. The highest BCUT2D eigenvalue weighted by atomic mass is 32.2. The lowest BCUT2D eigenvalue weighted by atomic mass is 10.2. The van der Waals surface area contributed by atoms with Gasteiger partial charge < -0.3 is 14.7 Å². The number of nitrogens with one attached hydrogen (secondary N) is 1. The van der Waals surface area contributed by atoms with Crippen molar-refractivity contribution in [1.82, 2.24) is 4.90 Å². The predicted octanol–water partition coefficient (Wildman–Crippen LogP) is 2.54. The monoisotopic (exact) mass is 440 g/mol. The number of sulfonamides is 1. The van der Waals surface area contributed by atoms with Gasteiger partial charge in [-0.2, -0.15) is 0 Å². The largest absolute Gasteiger partial charge is 0.369 e. The Morgan fingerprint density at radius 3 is 2.35 bits per heavy atom. The quantitative estimate of drug-likeness (QED) is 0.774. The number of piperazine rings is 1. The minimum absolute atomic E-state index is 0.157. The maximum absolute atomic E-state index is 13.0. The molecule has 2 fully saturated rings. The lowest BCUT2D eigenvalue weighted by Crippen LogP contribution is -2.44. The van der Waals surface area contributed by atoms with Crippen LogP contribution in [-0.2, 0) is 21.2 Å². The van der Waals surface area contributed by atoms with Crippen molar-refractivity contribution in [1.29, 1.82) is 0 Å². The Morgan fingerprint density at radius 2 is 1.68 bits per heavy atom. The molecule has 1 saturated heterocycles. The van der Waals surface area contributed by atoms with Crippen LogP contribution in [0.15, 0.2) is 47.4 Å². The second-order valence-corrected chi connectivity index (χ2v) is 10.4. The number of rotatable bonds is 5.